The van der Waals surface area contributed by atoms with Crippen LogP contribution in [0.1, 0.15) is 20.3 Å². The molecule has 0 aromatic heterocycles. The van der Waals surface area contributed by atoms with Gasteiger partial charge in [0.15, 0.2) is 11.5 Å². The molecule has 4 heteroatoms. The van der Waals surface area contributed by atoms with Crippen molar-refractivity contribution in [3.8, 4) is 11.5 Å². The molecule has 0 amide bonds. The van der Waals surface area contributed by atoms with Gasteiger partial charge in [-0.05, 0) is 29.7 Å². The summed E-state index contributed by atoms with van der Waals surface area (Å²) in [6.07, 6.45) is 1.22. The van der Waals surface area contributed by atoms with Crippen LogP contribution in [-0.2, 0) is 0 Å². The number of benzene rings is 1. The molecular formula is C14H19NO2S. The SMILES string of the molecule is CC1(C)CSCC(Nc2ccc3c(c2)OCO3)C1. The molecule has 0 spiro atoms. The van der Waals surface area contributed by atoms with Crippen molar-refractivity contribution in [3.05, 3.63) is 18.2 Å². The molecule has 1 N–H and O–H groups in total. The van der Waals surface area contributed by atoms with Gasteiger partial charge in [0.2, 0.25) is 6.79 Å². The quantitative estimate of drug-likeness (QED) is 0.888. The van der Waals surface area contributed by atoms with Gasteiger partial charge in [-0.2, -0.15) is 11.8 Å². The molecule has 2 aliphatic rings. The van der Waals surface area contributed by atoms with Crippen LogP contribution in [0.4, 0.5) is 5.69 Å². The van der Waals surface area contributed by atoms with Gasteiger partial charge >= 0.3 is 0 Å². The number of fused-ring (bicyclic) bond motifs is 1. The molecule has 0 bridgehead atoms. The van der Waals surface area contributed by atoms with E-state index >= 15 is 0 Å². The van der Waals surface area contributed by atoms with Gasteiger partial charge in [0.25, 0.3) is 0 Å². The first kappa shape index (κ1) is 12.0. The number of hydrogen-bond acceptors (Lipinski definition) is 4. The zero-order valence-corrected chi connectivity index (χ0v) is 11.7. The second kappa shape index (κ2) is 4.57. The van der Waals surface area contributed by atoms with Gasteiger partial charge in [-0.1, -0.05) is 13.8 Å². The molecule has 2 aliphatic heterocycles. The molecule has 1 aromatic rings. The third-order valence-electron chi connectivity index (χ3n) is 3.35. The van der Waals surface area contributed by atoms with Gasteiger partial charge < -0.3 is 14.8 Å². The van der Waals surface area contributed by atoms with Gasteiger partial charge in [0.1, 0.15) is 0 Å². The van der Waals surface area contributed by atoms with E-state index in [4.69, 9.17) is 9.47 Å². The topological polar surface area (TPSA) is 30.5 Å². The zero-order chi connectivity index (χ0) is 12.6. The minimum absolute atomic E-state index is 0.338. The van der Waals surface area contributed by atoms with E-state index in [1.54, 1.807) is 0 Å². The molecule has 0 radical (unpaired) electrons. The maximum Gasteiger partial charge on any atom is 0.231 e. The summed E-state index contributed by atoms with van der Waals surface area (Å²) in [6.45, 7) is 5.02. The van der Waals surface area contributed by atoms with Gasteiger partial charge in [-0.3, -0.25) is 0 Å². The summed E-state index contributed by atoms with van der Waals surface area (Å²) in [5.41, 5.74) is 1.55. The lowest BCUT2D eigenvalue weighted by atomic mass is 9.88. The second-order valence-corrected chi connectivity index (χ2v) is 6.82. The van der Waals surface area contributed by atoms with E-state index in [0.717, 1.165) is 17.2 Å². The molecule has 1 aromatic carbocycles. The van der Waals surface area contributed by atoms with Crippen molar-refractivity contribution in [2.75, 3.05) is 23.6 Å². The zero-order valence-electron chi connectivity index (χ0n) is 10.9. The van der Waals surface area contributed by atoms with Crippen molar-refractivity contribution in [3.63, 3.8) is 0 Å². The molecule has 0 saturated carbocycles. The standard InChI is InChI=1S/C14H19NO2S/c1-14(2)6-11(7-18-8-14)15-10-3-4-12-13(5-10)17-9-16-12/h3-5,11,15H,6-9H2,1-2H3. The fraction of sp³-hybridized carbons (Fsp3) is 0.571. The largest absolute Gasteiger partial charge is 0.454 e. The molecule has 98 valence electrons. The Balaban J connectivity index is 1.69. The van der Waals surface area contributed by atoms with Crippen molar-refractivity contribution < 1.29 is 9.47 Å². The van der Waals surface area contributed by atoms with Gasteiger partial charge in [-0.15, -0.1) is 0 Å². The Morgan fingerprint density at radius 2 is 2.11 bits per heavy atom. The highest BCUT2D eigenvalue weighted by atomic mass is 32.2. The maximum atomic E-state index is 5.40. The minimum atomic E-state index is 0.338. The smallest absolute Gasteiger partial charge is 0.231 e. The Labute approximate surface area is 112 Å². The Bertz CT molecular complexity index is 447. The Morgan fingerprint density at radius 3 is 2.94 bits per heavy atom. The molecule has 3 nitrogen and oxygen atoms in total. The Morgan fingerprint density at radius 1 is 1.28 bits per heavy atom. The van der Waals surface area contributed by atoms with Crippen molar-refractivity contribution >= 4 is 17.4 Å². The molecule has 1 atom stereocenters. The lowest BCUT2D eigenvalue weighted by molar-refractivity contribution is 0.174. The fourth-order valence-electron chi connectivity index (χ4n) is 2.58. The van der Waals surface area contributed by atoms with Crippen molar-refractivity contribution in [2.45, 2.75) is 26.3 Å². The highest BCUT2D eigenvalue weighted by Gasteiger charge is 2.28. The van der Waals surface area contributed by atoms with Crippen LogP contribution in [-0.4, -0.2) is 24.3 Å². The average molecular weight is 265 g/mol. The number of anilines is 1. The van der Waals surface area contributed by atoms with Crippen LogP contribution < -0.4 is 14.8 Å². The summed E-state index contributed by atoms with van der Waals surface area (Å²) in [5, 5.41) is 3.61. The molecule has 3 rings (SSSR count). The van der Waals surface area contributed by atoms with E-state index in [2.05, 4.69) is 25.2 Å². The monoisotopic (exact) mass is 265 g/mol. The second-order valence-electron chi connectivity index (χ2n) is 5.79. The molecule has 0 aliphatic carbocycles. The van der Waals surface area contributed by atoms with E-state index in [-0.39, 0.29) is 0 Å². The van der Waals surface area contributed by atoms with Gasteiger partial charge in [-0.25, -0.2) is 0 Å². The number of hydrogen-bond donors (Lipinski definition) is 1. The number of rotatable bonds is 2. The van der Waals surface area contributed by atoms with Crippen molar-refractivity contribution in [2.24, 2.45) is 5.41 Å². The first-order chi connectivity index (χ1) is 8.62. The van der Waals surface area contributed by atoms with Crippen molar-refractivity contribution in [1.82, 2.24) is 0 Å². The first-order valence-electron chi connectivity index (χ1n) is 6.36. The van der Waals surface area contributed by atoms with Crippen LogP contribution in [0.5, 0.6) is 11.5 Å². The summed E-state index contributed by atoms with van der Waals surface area (Å²) in [7, 11) is 0. The minimum Gasteiger partial charge on any atom is -0.454 e. The summed E-state index contributed by atoms with van der Waals surface area (Å²) in [4.78, 5) is 0. The van der Waals surface area contributed by atoms with Crippen LogP contribution in [0.25, 0.3) is 0 Å². The molecular weight excluding hydrogens is 246 g/mol. The first-order valence-corrected chi connectivity index (χ1v) is 7.52. The van der Waals surface area contributed by atoms with E-state index in [9.17, 15) is 0 Å². The Hall–Kier alpha value is -1.03. The van der Waals surface area contributed by atoms with Crippen molar-refractivity contribution in [1.29, 1.82) is 0 Å². The third-order valence-corrected chi connectivity index (χ3v) is 4.98. The lowest BCUT2D eigenvalue weighted by Crippen LogP contribution is -2.35. The van der Waals surface area contributed by atoms with E-state index in [1.165, 1.54) is 17.9 Å². The van der Waals surface area contributed by atoms with Crippen LogP contribution >= 0.6 is 11.8 Å². The van der Waals surface area contributed by atoms with Gasteiger partial charge in [0, 0.05) is 23.5 Å². The number of thioether (sulfide) groups is 1. The number of ether oxygens (including phenoxy) is 2. The lowest BCUT2D eigenvalue weighted by Gasteiger charge is -2.35. The molecule has 18 heavy (non-hydrogen) atoms. The van der Waals surface area contributed by atoms with Gasteiger partial charge in [0.05, 0.1) is 0 Å². The van der Waals surface area contributed by atoms with E-state index < -0.39 is 0 Å². The van der Waals surface area contributed by atoms with Crippen LogP contribution in [0.15, 0.2) is 18.2 Å². The Kier molecular flexibility index (Phi) is 3.06. The average Bonchev–Trinajstić information content (AvgIpc) is 2.74. The summed E-state index contributed by atoms with van der Waals surface area (Å²) < 4.78 is 10.7. The fourth-order valence-corrected chi connectivity index (χ4v) is 3.85. The summed E-state index contributed by atoms with van der Waals surface area (Å²) in [5.74, 6) is 4.13. The highest BCUT2D eigenvalue weighted by molar-refractivity contribution is 7.99. The molecule has 1 fully saturated rings. The molecule has 1 saturated heterocycles. The van der Waals surface area contributed by atoms with E-state index in [1.807, 2.05) is 23.9 Å². The maximum absolute atomic E-state index is 5.40. The summed E-state index contributed by atoms with van der Waals surface area (Å²) >= 11 is 2.04. The van der Waals surface area contributed by atoms with Crippen LogP contribution in [0.2, 0.25) is 0 Å². The predicted octanol–water partition coefficient (Wildman–Crippen LogP) is 3.36. The normalized spacial score (nSPS) is 24.9. The molecule has 1 unspecified atom stereocenters. The summed E-state index contributed by atoms with van der Waals surface area (Å²) in [6, 6.07) is 6.62. The highest BCUT2D eigenvalue weighted by Crippen LogP contribution is 2.37. The van der Waals surface area contributed by atoms with Crippen LogP contribution in [0.3, 0.4) is 0 Å². The third kappa shape index (κ3) is 2.53. The van der Waals surface area contributed by atoms with Crippen LogP contribution in [0, 0.1) is 5.41 Å². The predicted molar refractivity (Wildman–Crippen MR) is 75.7 cm³/mol. The molecule has 2 heterocycles. The number of nitrogens with one attached hydrogen (secondary N) is 1. The van der Waals surface area contributed by atoms with E-state index in [0.29, 0.717) is 18.2 Å².